The van der Waals surface area contributed by atoms with Gasteiger partial charge in [0, 0.05) is 37.3 Å². The summed E-state index contributed by atoms with van der Waals surface area (Å²) >= 11 is 0. The first-order chi connectivity index (χ1) is 17.7. The Kier molecular flexibility index (Phi) is 7.53. The maximum absolute atomic E-state index is 13.7. The average molecular weight is 491 g/mol. The Labute approximate surface area is 212 Å². The molecule has 0 spiro atoms. The molecule has 0 radical (unpaired) electrons. The number of aromatic amines is 1. The van der Waals surface area contributed by atoms with Crippen LogP contribution in [0.15, 0.2) is 48.5 Å². The molecule has 1 aromatic heterocycles. The van der Waals surface area contributed by atoms with Gasteiger partial charge in [0.05, 0.1) is 38.2 Å². The quantitative estimate of drug-likeness (QED) is 0.460. The Hall–Kier alpha value is -3.36. The van der Waals surface area contributed by atoms with Crippen LogP contribution in [0.2, 0.25) is 0 Å². The van der Waals surface area contributed by atoms with Crippen molar-refractivity contribution in [2.24, 2.45) is 0 Å². The molecule has 0 aliphatic carbocycles. The summed E-state index contributed by atoms with van der Waals surface area (Å²) in [5.41, 5.74) is 4.27. The second-order valence-corrected chi connectivity index (χ2v) is 9.01. The summed E-state index contributed by atoms with van der Waals surface area (Å²) < 4.78 is 17.2. The summed E-state index contributed by atoms with van der Waals surface area (Å²) in [6, 6.07) is 15.8. The first-order valence-corrected chi connectivity index (χ1v) is 12.9. The first-order valence-electron chi connectivity index (χ1n) is 12.9. The maximum atomic E-state index is 13.7. The van der Waals surface area contributed by atoms with Crippen molar-refractivity contribution in [1.82, 2.24) is 20.0 Å². The summed E-state index contributed by atoms with van der Waals surface area (Å²) in [6.07, 6.45) is 0.885. The zero-order valence-electron chi connectivity index (χ0n) is 21.0. The van der Waals surface area contributed by atoms with Gasteiger partial charge in [-0.1, -0.05) is 36.4 Å². The summed E-state index contributed by atoms with van der Waals surface area (Å²) in [7, 11) is 0. The smallest absolute Gasteiger partial charge is 0.273 e. The second-order valence-electron chi connectivity index (χ2n) is 9.01. The van der Waals surface area contributed by atoms with E-state index >= 15 is 0 Å². The Bertz CT molecular complexity index is 1170. The molecule has 8 nitrogen and oxygen atoms in total. The van der Waals surface area contributed by atoms with Gasteiger partial charge in [-0.15, -0.1) is 0 Å². The number of carbonyl (C=O) groups is 1. The molecule has 0 bridgehead atoms. The fourth-order valence-corrected chi connectivity index (χ4v) is 5.12. The molecular weight excluding hydrogens is 456 g/mol. The first kappa shape index (κ1) is 24.3. The van der Waals surface area contributed by atoms with E-state index < -0.39 is 0 Å². The van der Waals surface area contributed by atoms with Crippen LogP contribution in [0, 0.1) is 0 Å². The molecule has 1 atom stereocenters. The Balaban J connectivity index is 1.50. The molecule has 1 amide bonds. The van der Waals surface area contributed by atoms with Crippen molar-refractivity contribution in [2.45, 2.75) is 26.3 Å². The number of amides is 1. The number of H-pyrrole nitrogens is 1. The van der Waals surface area contributed by atoms with Crippen molar-refractivity contribution in [3.8, 4) is 22.8 Å². The van der Waals surface area contributed by atoms with Crippen LogP contribution in [-0.4, -0.2) is 78.5 Å². The SMILES string of the molecule is CCOc1ccc(C2c3c(-c4ccccc4)n[nH]c3C(=O)N2CCCN2CCOCC2)cc1OCC. The topological polar surface area (TPSA) is 79.9 Å². The summed E-state index contributed by atoms with van der Waals surface area (Å²) in [5.74, 6) is 1.39. The lowest BCUT2D eigenvalue weighted by Gasteiger charge is -2.30. The van der Waals surface area contributed by atoms with E-state index in [9.17, 15) is 4.79 Å². The standard InChI is InChI=1S/C28H34N4O4/c1-3-35-22-12-11-21(19-23(22)36-4-2)27-24-25(20-9-6-5-7-10-20)29-30-26(24)28(33)32(27)14-8-13-31-15-17-34-18-16-31/h5-7,9-12,19,27H,3-4,8,13-18H2,1-2H3,(H,29,30). The monoisotopic (exact) mass is 490 g/mol. The number of hydrogen-bond donors (Lipinski definition) is 1. The number of nitrogens with one attached hydrogen (secondary N) is 1. The van der Waals surface area contributed by atoms with Gasteiger partial charge in [0.1, 0.15) is 5.69 Å². The molecule has 3 aromatic rings. The van der Waals surface area contributed by atoms with Crippen LogP contribution >= 0.6 is 0 Å². The summed E-state index contributed by atoms with van der Waals surface area (Å²) in [4.78, 5) is 18.0. The third-order valence-electron chi connectivity index (χ3n) is 6.77. The van der Waals surface area contributed by atoms with Gasteiger partial charge >= 0.3 is 0 Å². The minimum atomic E-state index is -0.263. The Morgan fingerprint density at radius 3 is 2.50 bits per heavy atom. The van der Waals surface area contributed by atoms with Crippen molar-refractivity contribution in [1.29, 1.82) is 0 Å². The predicted molar refractivity (Wildman–Crippen MR) is 138 cm³/mol. The normalized spacial score (nSPS) is 17.9. The third kappa shape index (κ3) is 4.83. The molecule has 1 fully saturated rings. The summed E-state index contributed by atoms with van der Waals surface area (Å²) in [5, 5.41) is 7.63. The van der Waals surface area contributed by atoms with E-state index in [2.05, 4.69) is 15.1 Å². The van der Waals surface area contributed by atoms with Crippen LogP contribution in [0.1, 0.15) is 47.9 Å². The van der Waals surface area contributed by atoms with Crippen molar-refractivity contribution < 1.29 is 19.0 Å². The van der Waals surface area contributed by atoms with Gasteiger partial charge in [0.25, 0.3) is 5.91 Å². The fraction of sp³-hybridized carbons (Fsp3) is 0.429. The minimum absolute atomic E-state index is 0.0153. The highest BCUT2D eigenvalue weighted by Gasteiger charge is 2.42. The van der Waals surface area contributed by atoms with Gasteiger partial charge in [-0.2, -0.15) is 5.10 Å². The highest BCUT2D eigenvalue weighted by molar-refractivity contribution is 6.00. The van der Waals surface area contributed by atoms with Crippen LogP contribution in [0.4, 0.5) is 0 Å². The molecule has 2 aromatic carbocycles. The molecule has 190 valence electrons. The van der Waals surface area contributed by atoms with Gasteiger partial charge in [-0.25, -0.2) is 0 Å². The van der Waals surface area contributed by atoms with Crippen LogP contribution in [0.3, 0.4) is 0 Å². The van der Waals surface area contributed by atoms with Gasteiger partial charge in [-0.3, -0.25) is 14.8 Å². The minimum Gasteiger partial charge on any atom is -0.490 e. The molecule has 0 saturated carbocycles. The van der Waals surface area contributed by atoms with Crippen LogP contribution in [0.5, 0.6) is 11.5 Å². The molecule has 8 heteroatoms. The van der Waals surface area contributed by atoms with E-state index in [1.165, 1.54) is 0 Å². The van der Waals surface area contributed by atoms with Gasteiger partial charge < -0.3 is 19.1 Å². The Morgan fingerprint density at radius 2 is 1.75 bits per heavy atom. The van der Waals surface area contributed by atoms with Crippen LogP contribution < -0.4 is 9.47 Å². The zero-order valence-corrected chi connectivity index (χ0v) is 21.0. The largest absolute Gasteiger partial charge is 0.490 e. The number of hydrogen-bond acceptors (Lipinski definition) is 6. The molecule has 5 rings (SSSR count). The molecule has 3 heterocycles. The van der Waals surface area contributed by atoms with Crippen molar-refractivity contribution >= 4 is 5.91 Å². The molecule has 1 saturated heterocycles. The molecule has 1 unspecified atom stereocenters. The van der Waals surface area contributed by atoms with Gasteiger partial charge in [0.2, 0.25) is 0 Å². The zero-order chi connectivity index (χ0) is 24.9. The number of ether oxygens (including phenoxy) is 3. The van der Waals surface area contributed by atoms with E-state index in [1.807, 2.05) is 67.3 Å². The van der Waals surface area contributed by atoms with Crippen molar-refractivity contribution in [2.75, 3.05) is 52.6 Å². The maximum Gasteiger partial charge on any atom is 0.273 e. The van der Waals surface area contributed by atoms with E-state index in [0.717, 1.165) is 61.7 Å². The number of benzene rings is 2. The predicted octanol–water partition coefficient (Wildman–Crippen LogP) is 4.14. The van der Waals surface area contributed by atoms with Crippen molar-refractivity contribution in [3.63, 3.8) is 0 Å². The van der Waals surface area contributed by atoms with Crippen LogP contribution in [0.25, 0.3) is 11.3 Å². The lowest BCUT2D eigenvalue weighted by Crippen LogP contribution is -2.38. The molecule has 2 aliphatic rings. The highest BCUT2D eigenvalue weighted by atomic mass is 16.5. The van der Waals surface area contributed by atoms with Crippen LogP contribution in [-0.2, 0) is 4.74 Å². The van der Waals surface area contributed by atoms with E-state index in [4.69, 9.17) is 14.2 Å². The van der Waals surface area contributed by atoms with E-state index in [1.54, 1.807) is 0 Å². The number of fused-ring (bicyclic) bond motifs is 1. The third-order valence-corrected chi connectivity index (χ3v) is 6.77. The second kappa shape index (κ2) is 11.1. The Morgan fingerprint density at radius 1 is 1.00 bits per heavy atom. The highest BCUT2D eigenvalue weighted by Crippen LogP contribution is 2.44. The van der Waals surface area contributed by atoms with Crippen molar-refractivity contribution in [3.05, 3.63) is 65.4 Å². The van der Waals surface area contributed by atoms with Gasteiger partial charge in [0.15, 0.2) is 11.5 Å². The molecule has 2 aliphatic heterocycles. The number of rotatable bonds is 10. The lowest BCUT2D eigenvalue weighted by molar-refractivity contribution is 0.0354. The average Bonchev–Trinajstić information content (AvgIpc) is 3.46. The van der Waals surface area contributed by atoms with E-state index in [0.29, 0.717) is 37.0 Å². The molecule has 36 heavy (non-hydrogen) atoms. The lowest BCUT2D eigenvalue weighted by atomic mass is 9.95. The summed E-state index contributed by atoms with van der Waals surface area (Å²) in [6.45, 7) is 10.0. The fourth-order valence-electron chi connectivity index (χ4n) is 5.12. The number of carbonyl (C=O) groups excluding carboxylic acids is 1. The number of nitrogens with zero attached hydrogens (tertiary/aromatic N) is 3. The number of morpholine rings is 1. The van der Waals surface area contributed by atoms with Gasteiger partial charge in [-0.05, 0) is 38.0 Å². The molecule has 1 N–H and O–H groups in total. The van der Waals surface area contributed by atoms with E-state index in [-0.39, 0.29) is 11.9 Å². The number of aromatic nitrogens is 2. The molecular formula is C28H34N4O4.